The van der Waals surface area contributed by atoms with E-state index < -0.39 is 5.91 Å². The number of carbonyl (C=O) groups is 2. The van der Waals surface area contributed by atoms with Gasteiger partial charge in [-0.05, 0) is 17.7 Å². The second kappa shape index (κ2) is 6.25. The van der Waals surface area contributed by atoms with E-state index in [-0.39, 0.29) is 18.4 Å². The molecule has 120 valence electrons. The first-order chi connectivity index (χ1) is 11.1. The number of hydrogen-bond acceptors (Lipinski definition) is 6. The molecule has 4 N–H and O–H groups in total. The van der Waals surface area contributed by atoms with E-state index in [4.69, 9.17) is 10.5 Å². The number of primary amides is 1. The molecule has 2 amide bonds. The van der Waals surface area contributed by atoms with Crippen molar-refractivity contribution in [1.29, 1.82) is 0 Å². The number of ether oxygens (including phenoxy) is 1. The van der Waals surface area contributed by atoms with Crippen LogP contribution in [-0.4, -0.2) is 30.5 Å². The summed E-state index contributed by atoms with van der Waals surface area (Å²) in [7, 11) is 1.80. The van der Waals surface area contributed by atoms with Crippen LogP contribution in [-0.2, 0) is 9.59 Å². The fourth-order valence-electron chi connectivity index (χ4n) is 2.45. The molecule has 23 heavy (non-hydrogen) atoms. The Kier molecular flexibility index (Phi) is 4.16. The Hall–Kier alpha value is -2.61. The van der Waals surface area contributed by atoms with Crippen molar-refractivity contribution in [2.45, 2.75) is 12.3 Å². The zero-order valence-corrected chi connectivity index (χ0v) is 13.3. The number of thiazole rings is 1. The molecular weight excluding hydrogens is 316 g/mol. The van der Waals surface area contributed by atoms with Crippen molar-refractivity contribution in [2.75, 3.05) is 24.3 Å². The van der Waals surface area contributed by atoms with Crippen molar-refractivity contribution in [2.24, 2.45) is 5.73 Å². The van der Waals surface area contributed by atoms with Gasteiger partial charge in [0.15, 0.2) is 11.7 Å². The lowest BCUT2D eigenvalue weighted by Gasteiger charge is -2.21. The molecule has 1 aliphatic rings. The summed E-state index contributed by atoms with van der Waals surface area (Å²) in [6.07, 6.45) is 0.375. The van der Waals surface area contributed by atoms with E-state index in [1.54, 1.807) is 19.2 Å². The van der Waals surface area contributed by atoms with Crippen LogP contribution >= 0.6 is 11.3 Å². The van der Waals surface area contributed by atoms with E-state index in [9.17, 15) is 9.59 Å². The highest BCUT2D eigenvalue weighted by atomic mass is 32.1. The van der Waals surface area contributed by atoms with Gasteiger partial charge in [0.2, 0.25) is 5.91 Å². The molecular formula is C15H16N4O3S. The Labute approximate surface area is 136 Å². The minimum atomic E-state index is -0.521. The number of rotatable bonds is 5. The van der Waals surface area contributed by atoms with Crippen LogP contribution in [0.4, 0.5) is 10.9 Å². The summed E-state index contributed by atoms with van der Waals surface area (Å²) in [5.41, 5.74) is 6.05. The highest BCUT2D eigenvalue weighted by Crippen LogP contribution is 2.42. The van der Waals surface area contributed by atoms with Gasteiger partial charge in [-0.3, -0.25) is 9.59 Å². The number of amides is 2. The van der Waals surface area contributed by atoms with Gasteiger partial charge in [0.25, 0.3) is 5.91 Å². The number of anilines is 2. The molecule has 0 saturated heterocycles. The minimum Gasteiger partial charge on any atom is -0.484 e. The van der Waals surface area contributed by atoms with Gasteiger partial charge in [0.1, 0.15) is 11.6 Å². The van der Waals surface area contributed by atoms with Crippen LogP contribution in [0.3, 0.4) is 0 Å². The van der Waals surface area contributed by atoms with Crippen molar-refractivity contribution in [1.82, 2.24) is 4.98 Å². The Balaban J connectivity index is 1.85. The molecule has 0 unspecified atom stereocenters. The fraction of sp³-hybridized carbons (Fsp3) is 0.267. The van der Waals surface area contributed by atoms with E-state index in [2.05, 4.69) is 15.6 Å². The Morgan fingerprint density at radius 3 is 2.87 bits per heavy atom. The smallest absolute Gasteiger partial charge is 0.255 e. The average Bonchev–Trinajstić information content (AvgIpc) is 2.95. The van der Waals surface area contributed by atoms with E-state index in [0.717, 1.165) is 15.6 Å². The summed E-state index contributed by atoms with van der Waals surface area (Å²) >= 11 is 1.53. The van der Waals surface area contributed by atoms with Crippen molar-refractivity contribution in [3.05, 3.63) is 34.7 Å². The second-order valence-corrected chi connectivity index (χ2v) is 6.14. The molecule has 1 aromatic carbocycles. The Morgan fingerprint density at radius 2 is 2.22 bits per heavy atom. The van der Waals surface area contributed by atoms with Crippen LogP contribution in [0.5, 0.6) is 5.75 Å². The number of benzene rings is 1. The van der Waals surface area contributed by atoms with Crippen molar-refractivity contribution < 1.29 is 14.3 Å². The molecule has 0 aliphatic carbocycles. The Bertz CT molecular complexity index is 742. The predicted octanol–water partition coefficient (Wildman–Crippen LogP) is 1.52. The number of hydrogen-bond donors (Lipinski definition) is 3. The predicted molar refractivity (Wildman–Crippen MR) is 87.9 cm³/mol. The third kappa shape index (κ3) is 3.26. The monoisotopic (exact) mass is 332 g/mol. The maximum Gasteiger partial charge on any atom is 0.255 e. The number of nitrogens with one attached hydrogen (secondary N) is 2. The van der Waals surface area contributed by atoms with Crippen molar-refractivity contribution >= 4 is 34.1 Å². The summed E-state index contributed by atoms with van der Waals surface area (Å²) in [5, 5.41) is 6.57. The lowest BCUT2D eigenvalue weighted by Crippen LogP contribution is -2.22. The van der Waals surface area contributed by atoms with Crippen molar-refractivity contribution in [3.63, 3.8) is 0 Å². The first-order valence-electron chi connectivity index (χ1n) is 7.06. The molecule has 1 atom stereocenters. The van der Waals surface area contributed by atoms with Gasteiger partial charge in [0, 0.05) is 19.4 Å². The van der Waals surface area contributed by atoms with E-state index in [1.165, 1.54) is 11.3 Å². The first kappa shape index (κ1) is 15.3. The number of carbonyl (C=O) groups excluding carboxylic acids is 2. The van der Waals surface area contributed by atoms with Gasteiger partial charge in [-0.15, -0.1) is 0 Å². The summed E-state index contributed by atoms with van der Waals surface area (Å²) < 4.78 is 5.25. The molecule has 1 aliphatic heterocycles. The largest absolute Gasteiger partial charge is 0.484 e. The lowest BCUT2D eigenvalue weighted by atomic mass is 9.91. The van der Waals surface area contributed by atoms with E-state index in [0.29, 0.717) is 18.0 Å². The molecule has 7 nitrogen and oxygen atoms in total. The molecule has 8 heteroatoms. The maximum atomic E-state index is 11.9. The van der Waals surface area contributed by atoms with Crippen LogP contribution in [0.25, 0.3) is 0 Å². The zero-order chi connectivity index (χ0) is 16.4. The summed E-state index contributed by atoms with van der Waals surface area (Å²) in [6, 6.07) is 7.32. The SMILES string of the molecule is CNc1nc2c(s1)[C@@H](c1ccc(OCC(N)=O)cc1)CC(=O)N2. The van der Waals surface area contributed by atoms with Crippen LogP contribution < -0.4 is 21.1 Å². The van der Waals surface area contributed by atoms with Gasteiger partial charge in [-0.25, -0.2) is 4.98 Å². The van der Waals surface area contributed by atoms with Crippen molar-refractivity contribution in [3.8, 4) is 5.75 Å². The molecule has 0 bridgehead atoms. The lowest BCUT2D eigenvalue weighted by molar-refractivity contribution is -0.120. The molecule has 0 radical (unpaired) electrons. The summed E-state index contributed by atoms with van der Waals surface area (Å²) in [6.45, 7) is -0.157. The summed E-state index contributed by atoms with van der Waals surface area (Å²) in [5.74, 6) is 0.572. The van der Waals surface area contributed by atoms with Gasteiger partial charge in [-0.2, -0.15) is 0 Å². The molecule has 0 saturated carbocycles. The van der Waals surface area contributed by atoms with Gasteiger partial charge < -0.3 is 21.1 Å². The van der Waals surface area contributed by atoms with Crippen LogP contribution in [0.1, 0.15) is 22.8 Å². The van der Waals surface area contributed by atoms with Crippen LogP contribution in [0, 0.1) is 0 Å². The molecule has 0 fully saturated rings. The molecule has 3 rings (SSSR count). The highest BCUT2D eigenvalue weighted by molar-refractivity contribution is 7.16. The topological polar surface area (TPSA) is 106 Å². The normalized spacial score (nSPS) is 16.4. The number of nitrogens with two attached hydrogens (primary N) is 1. The first-order valence-corrected chi connectivity index (χ1v) is 7.88. The number of fused-ring (bicyclic) bond motifs is 1. The van der Waals surface area contributed by atoms with Gasteiger partial charge >= 0.3 is 0 Å². The van der Waals surface area contributed by atoms with E-state index in [1.807, 2.05) is 12.1 Å². The molecule has 1 aromatic heterocycles. The quantitative estimate of drug-likeness (QED) is 0.770. The highest BCUT2D eigenvalue weighted by Gasteiger charge is 2.30. The number of nitrogens with zero attached hydrogens (tertiary/aromatic N) is 1. The second-order valence-electron chi connectivity index (χ2n) is 5.11. The molecule has 0 spiro atoms. The van der Waals surface area contributed by atoms with Crippen LogP contribution in [0.2, 0.25) is 0 Å². The van der Waals surface area contributed by atoms with Gasteiger partial charge in [-0.1, -0.05) is 23.5 Å². The number of aromatic nitrogens is 1. The van der Waals surface area contributed by atoms with Gasteiger partial charge in [0.05, 0.1) is 4.88 Å². The summed E-state index contributed by atoms with van der Waals surface area (Å²) in [4.78, 5) is 28.0. The van der Waals surface area contributed by atoms with E-state index >= 15 is 0 Å². The molecule has 2 aromatic rings. The average molecular weight is 332 g/mol. The Morgan fingerprint density at radius 1 is 1.48 bits per heavy atom. The third-order valence-electron chi connectivity index (χ3n) is 3.49. The standard InChI is InChI=1S/C15H16N4O3S/c1-17-15-19-14-13(23-15)10(6-12(21)18-14)8-2-4-9(5-3-8)22-7-11(16)20/h2-5,10H,6-7H2,1H3,(H2,16,20)(H,17,19)(H,18,21)/t10-/m1/s1. The molecule has 2 heterocycles. The minimum absolute atomic E-state index is 0.0384. The fourth-order valence-corrected chi connectivity index (χ4v) is 3.45. The third-order valence-corrected chi connectivity index (χ3v) is 4.68. The maximum absolute atomic E-state index is 11.9. The zero-order valence-electron chi connectivity index (χ0n) is 12.5. The van der Waals surface area contributed by atoms with Crippen LogP contribution in [0.15, 0.2) is 24.3 Å².